The molecule has 1 aromatic carbocycles. The van der Waals surface area contributed by atoms with Gasteiger partial charge in [0.25, 0.3) is 0 Å². The fourth-order valence-corrected chi connectivity index (χ4v) is 3.07. The Morgan fingerprint density at radius 3 is 2.38 bits per heavy atom. The Balaban J connectivity index is 2.08. The molecule has 10 nitrogen and oxygen atoms in total. The Hall–Kier alpha value is -2.79. The van der Waals surface area contributed by atoms with Gasteiger partial charge >= 0.3 is 5.69 Å². The number of nitrogens with zero attached hydrogens (tertiary/aromatic N) is 3. The minimum Gasteiger partial charge on any atom is -0.348 e. The molecule has 11 heteroatoms. The number of rotatable bonds is 6. The topological polar surface area (TPSA) is 150 Å². The molecule has 0 spiro atoms. The third kappa shape index (κ3) is 4.24. The third-order valence-electron chi connectivity index (χ3n) is 3.91. The number of carbonyl (C=O) groups is 1. The molecular formula is C15H19N5O5S. The predicted molar refractivity (Wildman–Crippen MR) is 92.7 cm³/mol. The molecule has 0 saturated carbocycles. The minimum absolute atomic E-state index is 0.0188. The third-order valence-corrected chi connectivity index (χ3v) is 4.83. The van der Waals surface area contributed by atoms with Crippen LogP contribution in [0.1, 0.15) is 29.9 Å². The normalized spacial score (nSPS) is 12.6. The monoisotopic (exact) mass is 381 g/mol. The van der Waals surface area contributed by atoms with Crippen molar-refractivity contribution in [2.45, 2.75) is 38.3 Å². The first-order chi connectivity index (χ1) is 12.0. The summed E-state index contributed by atoms with van der Waals surface area (Å²) >= 11 is 0. The predicted octanol–water partition coefficient (Wildman–Crippen LogP) is 0.933. The van der Waals surface area contributed by atoms with Crippen LogP contribution < -0.4 is 10.5 Å². The first-order valence-electron chi connectivity index (χ1n) is 7.61. The number of aromatic nitrogens is 2. The summed E-state index contributed by atoms with van der Waals surface area (Å²) in [7, 11) is -3.78. The number of aryl methyl sites for hydroxylation is 1. The van der Waals surface area contributed by atoms with Gasteiger partial charge in [-0.25, -0.2) is 13.6 Å². The lowest BCUT2D eigenvalue weighted by Gasteiger charge is -2.15. The molecule has 0 fully saturated rings. The Morgan fingerprint density at radius 1 is 1.35 bits per heavy atom. The number of amides is 1. The maximum Gasteiger partial charge on any atom is 0.312 e. The smallest absolute Gasteiger partial charge is 0.312 e. The number of hydrogen-bond acceptors (Lipinski definition) is 6. The summed E-state index contributed by atoms with van der Waals surface area (Å²) in [6, 6.07) is 5.43. The van der Waals surface area contributed by atoms with Crippen LogP contribution in [0.25, 0.3) is 0 Å². The summed E-state index contributed by atoms with van der Waals surface area (Å²) < 4.78 is 23.8. The lowest BCUT2D eigenvalue weighted by atomic mass is 10.1. The van der Waals surface area contributed by atoms with E-state index in [1.807, 2.05) is 0 Å². The molecule has 0 saturated heterocycles. The number of nitrogens with two attached hydrogens (primary N) is 1. The van der Waals surface area contributed by atoms with E-state index in [-0.39, 0.29) is 28.7 Å². The largest absolute Gasteiger partial charge is 0.348 e. The zero-order chi connectivity index (χ0) is 19.6. The number of benzene rings is 1. The zero-order valence-electron chi connectivity index (χ0n) is 14.5. The number of sulfonamides is 1. The lowest BCUT2D eigenvalue weighted by molar-refractivity contribution is -0.386. The number of nitro groups is 1. The minimum atomic E-state index is -3.78. The van der Waals surface area contributed by atoms with Crippen molar-refractivity contribution in [3.63, 3.8) is 0 Å². The van der Waals surface area contributed by atoms with Crippen LogP contribution in [0.2, 0.25) is 0 Å². The molecule has 2 rings (SSSR count). The highest BCUT2D eigenvalue weighted by Crippen LogP contribution is 2.21. The Labute approximate surface area is 150 Å². The second-order valence-electron chi connectivity index (χ2n) is 5.84. The van der Waals surface area contributed by atoms with Crippen LogP contribution in [0.3, 0.4) is 0 Å². The molecule has 1 amide bonds. The summed E-state index contributed by atoms with van der Waals surface area (Å²) in [6.45, 7) is 4.60. The molecule has 0 aliphatic carbocycles. The molecule has 26 heavy (non-hydrogen) atoms. The molecule has 0 radical (unpaired) electrons. The van der Waals surface area contributed by atoms with E-state index < -0.39 is 21.0 Å². The first kappa shape index (κ1) is 19.5. The average molecular weight is 381 g/mol. The van der Waals surface area contributed by atoms with Crippen molar-refractivity contribution in [3.8, 4) is 0 Å². The SMILES string of the molecule is Cc1nn(CC(=O)N[C@@H](C)c2ccc(S(N)(=O)=O)cc2)c(C)c1[N+](=O)[O-]. The van der Waals surface area contributed by atoms with Crippen LogP contribution in [0.15, 0.2) is 29.2 Å². The van der Waals surface area contributed by atoms with Crippen LogP contribution in [0.5, 0.6) is 0 Å². The van der Waals surface area contributed by atoms with Crippen molar-refractivity contribution in [2.75, 3.05) is 0 Å². The summed E-state index contributed by atoms with van der Waals surface area (Å²) in [5.41, 5.74) is 1.12. The van der Waals surface area contributed by atoms with Gasteiger partial charge in [0.15, 0.2) is 0 Å². The molecule has 2 aromatic rings. The maximum atomic E-state index is 12.2. The van der Waals surface area contributed by atoms with E-state index in [0.29, 0.717) is 11.3 Å². The van der Waals surface area contributed by atoms with Crippen molar-refractivity contribution in [2.24, 2.45) is 5.14 Å². The molecule has 1 heterocycles. The van der Waals surface area contributed by atoms with E-state index in [9.17, 15) is 23.3 Å². The second kappa shape index (κ2) is 7.22. The van der Waals surface area contributed by atoms with E-state index in [1.54, 1.807) is 19.1 Å². The van der Waals surface area contributed by atoms with E-state index >= 15 is 0 Å². The van der Waals surface area contributed by atoms with Crippen molar-refractivity contribution in [3.05, 3.63) is 51.3 Å². The molecule has 0 aliphatic heterocycles. The van der Waals surface area contributed by atoms with E-state index in [2.05, 4.69) is 10.4 Å². The van der Waals surface area contributed by atoms with Crippen LogP contribution in [0, 0.1) is 24.0 Å². The second-order valence-corrected chi connectivity index (χ2v) is 7.40. The van der Waals surface area contributed by atoms with Gasteiger partial charge in [0, 0.05) is 0 Å². The fraction of sp³-hybridized carbons (Fsp3) is 0.333. The fourth-order valence-electron chi connectivity index (χ4n) is 2.56. The summed E-state index contributed by atoms with van der Waals surface area (Å²) in [5, 5.41) is 22.8. The Morgan fingerprint density at radius 2 is 1.92 bits per heavy atom. The first-order valence-corrected chi connectivity index (χ1v) is 9.16. The van der Waals surface area contributed by atoms with E-state index in [0.717, 1.165) is 0 Å². The zero-order valence-corrected chi connectivity index (χ0v) is 15.3. The van der Waals surface area contributed by atoms with Crippen molar-refractivity contribution < 1.29 is 18.1 Å². The maximum absolute atomic E-state index is 12.2. The van der Waals surface area contributed by atoms with Gasteiger partial charge in [0.05, 0.1) is 15.9 Å². The highest BCUT2D eigenvalue weighted by Gasteiger charge is 2.23. The summed E-state index contributed by atoms with van der Waals surface area (Å²) in [5.74, 6) is -0.381. The lowest BCUT2D eigenvalue weighted by Crippen LogP contribution is -2.30. The number of primary sulfonamides is 1. The van der Waals surface area contributed by atoms with Crippen LogP contribution >= 0.6 is 0 Å². The quantitative estimate of drug-likeness (QED) is 0.561. The van der Waals surface area contributed by atoms with Gasteiger partial charge in [-0.3, -0.25) is 19.6 Å². The molecule has 3 N–H and O–H groups in total. The molecule has 0 unspecified atom stereocenters. The van der Waals surface area contributed by atoms with Crippen molar-refractivity contribution in [1.29, 1.82) is 0 Å². The van der Waals surface area contributed by atoms with Gasteiger partial charge in [-0.15, -0.1) is 0 Å². The number of carbonyl (C=O) groups excluding carboxylic acids is 1. The van der Waals surface area contributed by atoms with Gasteiger partial charge in [-0.05, 0) is 38.5 Å². The van der Waals surface area contributed by atoms with E-state index in [4.69, 9.17) is 5.14 Å². The molecule has 0 bridgehead atoms. The Bertz CT molecular complexity index is 950. The van der Waals surface area contributed by atoms with Gasteiger partial charge in [-0.2, -0.15) is 5.10 Å². The molecule has 1 aromatic heterocycles. The Kier molecular flexibility index (Phi) is 5.42. The molecule has 140 valence electrons. The number of nitrogens with one attached hydrogen (secondary N) is 1. The van der Waals surface area contributed by atoms with Crippen LogP contribution in [0.4, 0.5) is 5.69 Å². The van der Waals surface area contributed by atoms with Gasteiger partial charge in [-0.1, -0.05) is 12.1 Å². The molecule has 1 atom stereocenters. The van der Waals surface area contributed by atoms with Crippen LogP contribution in [-0.4, -0.2) is 29.0 Å². The summed E-state index contributed by atoms with van der Waals surface area (Å²) in [6.07, 6.45) is 0. The van der Waals surface area contributed by atoms with Gasteiger partial charge in [0.1, 0.15) is 17.9 Å². The highest BCUT2D eigenvalue weighted by atomic mass is 32.2. The average Bonchev–Trinajstić information content (AvgIpc) is 2.80. The van der Waals surface area contributed by atoms with Crippen molar-refractivity contribution in [1.82, 2.24) is 15.1 Å². The van der Waals surface area contributed by atoms with Crippen LogP contribution in [-0.2, 0) is 21.4 Å². The molecule has 0 aliphatic rings. The highest BCUT2D eigenvalue weighted by molar-refractivity contribution is 7.89. The van der Waals surface area contributed by atoms with Gasteiger partial charge in [0.2, 0.25) is 15.9 Å². The summed E-state index contributed by atoms with van der Waals surface area (Å²) in [4.78, 5) is 22.7. The standard InChI is InChI=1S/C15H19N5O5S/c1-9(12-4-6-13(7-5-12)26(16,24)25)17-14(21)8-19-11(3)15(20(22)23)10(2)18-19/h4-7,9H,8H2,1-3H3,(H,17,21)(H2,16,24,25)/t9-/m0/s1. The van der Waals surface area contributed by atoms with Gasteiger partial charge < -0.3 is 5.32 Å². The van der Waals surface area contributed by atoms with Crippen molar-refractivity contribution >= 4 is 21.6 Å². The van der Waals surface area contributed by atoms with E-state index in [1.165, 1.54) is 30.7 Å². The molecular weight excluding hydrogens is 362 g/mol. The number of hydrogen-bond donors (Lipinski definition) is 2.